The molecule has 1 aromatic heterocycles. The van der Waals surface area contributed by atoms with Crippen LogP contribution in [0.15, 0.2) is 59.5 Å². The van der Waals surface area contributed by atoms with Crippen LogP contribution >= 0.6 is 11.6 Å². The topological polar surface area (TPSA) is 92.2 Å². The number of halogens is 1. The molecule has 2 heterocycles. The Hall–Kier alpha value is -3.40. The Morgan fingerprint density at radius 1 is 1.08 bits per heavy atom. The van der Waals surface area contributed by atoms with Crippen LogP contribution in [0.2, 0.25) is 5.02 Å². The zero-order chi connectivity index (χ0) is 26.1. The van der Waals surface area contributed by atoms with Gasteiger partial charge in [0.15, 0.2) is 5.78 Å². The normalized spacial score (nSPS) is 16.8. The maximum atomic E-state index is 13.1. The van der Waals surface area contributed by atoms with Gasteiger partial charge in [0.25, 0.3) is 5.56 Å². The van der Waals surface area contributed by atoms with Crippen LogP contribution in [0.3, 0.4) is 0 Å². The zero-order valence-corrected chi connectivity index (χ0v) is 21.6. The minimum atomic E-state index is -0.302. The number of H-pyrrole nitrogens is 1. The number of pyridine rings is 1. The smallest absolute Gasteiger partial charge is 0.255 e. The molecule has 0 radical (unpaired) electrons. The Morgan fingerprint density at radius 2 is 1.78 bits per heavy atom. The molecule has 36 heavy (non-hydrogen) atoms. The summed E-state index contributed by atoms with van der Waals surface area (Å²) in [5.41, 5.74) is 0.699. The molecule has 1 aliphatic rings. The van der Waals surface area contributed by atoms with Gasteiger partial charge in [0.05, 0.1) is 16.2 Å². The minimum absolute atomic E-state index is 0.0185. The van der Waals surface area contributed by atoms with Gasteiger partial charge in [0, 0.05) is 29.3 Å². The third-order valence-corrected chi connectivity index (χ3v) is 6.60. The average Bonchev–Trinajstić information content (AvgIpc) is 2.78. The second-order valence-corrected chi connectivity index (χ2v) is 10.9. The van der Waals surface area contributed by atoms with Crippen molar-refractivity contribution in [3.8, 4) is 28.7 Å². The highest BCUT2D eigenvalue weighted by molar-refractivity contribution is 6.32. The largest absolute Gasteiger partial charge is 0.454 e. The van der Waals surface area contributed by atoms with Gasteiger partial charge >= 0.3 is 0 Å². The monoisotopic (exact) mass is 504 g/mol. The molecule has 0 bridgehead atoms. The Bertz CT molecular complexity index is 1380. The lowest BCUT2D eigenvalue weighted by Crippen LogP contribution is -2.45. The number of benzene rings is 2. The van der Waals surface area contributed by atoms with Gasteiger partial charge in [-0.25, -0.2) is 0 Å². The summed E-state index contributed by atoms with van der Waals surface area (Å²) in [6.45, 7) is 8.25. The predicted molar refractivity (Wildman–Crippen MR) is 140 cm³/mol. The van der Waals surface area contributed by atoms with E-state index >= 15 is 0 Å². The second kappa shape index (κ2) is 9.93. The first kappa shape index (κ1) is 25.7. The van der Waals surface area contributed by atoms with Gasteiger partial charge in [-0.1, -0.05) is 23.7 Å². The number of carbonyl (C=O) groups is 1. The number of aromatic nitrogens is 1. The van der Waals surface area contributed by atoms with Crippen molar-refractivity contribution >= 4 is 17.4 Å². The first-order valence-electron chi connectivity index (χ1n) is 11.9. The molecule has 1 fully saturated rings. The fourth-order valence-corrected chi connectivity index (χ4v) is 5.50. The molecule has 1 saturated heterocycles. The molecular weight excluding hydrogens is 476 g/mol. The van der Waals surface area contributed by atoms with Crippen molar-refractivity contribution in [3.63, 3.8) is 0 Å². The van der Waals surface area contributed by atoms with Crippen LogP contribution in [0, 0.1) is 17.2 Å². The van der Waals surface area contributed by atoms with E-state index in [1.54, 1.807) is 48.5 Å². The van der Waals surface area contributed by atoms with Crippen molar-refractivity contribution in [3.05, 3.63) is 81.2 Å². The summed E-state index contributed by atoms with van der Waals surface area (Å²) in [5.74, 6) is 0.820. The summed E-state index contributed by atoms with van der Waals surface area (Å²) in [5, 5.41) is 10.1. The van der Waals surface area contributed by atoms with Crippen LogP contribution in [-0.2, 0) is 4.74 Å². The summed E-state index contributed by atoms with van der Waals surface area (Å²) >= 11 is 6.50. The highest BCUT2D eigenvalue weighted by atomic mass is 35.5. The molecule has 6 nitrogen and oxygen atoms in total. The molecule has 2 aromatic carbocycles. The highest BCUT2D eigenvalue weighted by Gasteiger charge is 2.39. The average molecular weight is 505 g/mol. The quantitative estimate of drug-likeness (QED) is 0.368. The number of rotatable bonds is 6. The third-order valence-electron chi connectivity index (χ3n) is 6.31. The van der Waals surface area contributed by atoms with E-state index in [1.807, 2.05) is 0 Å². The van der Waals surface area contributed by atoms with E-state index in [0.29, 0.717) is 28.9 Å². The first-order valence-corrected chi connectivity index (χ1v) is 12.3. The lowest BCUT2D eigenvalue weighted by molar-refractivity contribution is -0.171. The number of nitrogens with zero attached hydrogens (tertiary/aromatic N) is 1. The van der Waals surface area contributed by atoms with E-state index in [-0.39, 0.29) is 44.8 Å². The second-order valence-electron chi connectivity index (χ2n) is 10.5. The predicted octanol–water partition coefficient (Wildman–Crippen LogP) is 6.92. The molecule has 7 heteroatoms. The Balaban J connectivity index is 1.55. The van der Waals surface area contributed by atoms with Crippen molar-refractivity contribution in [1.29, 1.82) is 5.26 Å². The maximum Gasteiger partial charge on any atom is 0.255 e. The highest BCUT2D eigenvalue weighted by Crippen LogP contribution is 2.41. The van der Waals surface area contributed by atoms with Crippen molar-refractivity contribution in [2.24, 2.45) is 5.92 Å². The van der Waals surface area contributed by atoms with E-state index in [1.165, 1.54) is 6.20 Å². The van der Waals surface area contributed by atoms with E-state index in [2.05, 4.69) is 38.7 Å². The molecular formula is C29H29ClN2O4. The number of carbonyl (C=O) groups excluding carboxylic acids is 1. The Kier molecular flexibility index (Phi) is 7.08. The van der Waals surface area contributed by atoms with Gasteiger partial charge < -0.3 is 14.5 Å². The molecule has 0 spiro atoms. The van der Waals surface area contributed by atoms with E-state index in [9.17, 15) is 14.9 Å². The molecule has 0 atom stereocenters. The summed E-state index contributed by atoms with van der Waals surface area (Å²) in [6, 6.07) is 15.4. The van der Waals surface area contributed by atoms with Crippen LogP contribution in [-0.4, -0.2) is 22.0 Å². The minimum Gasteiger partial charge on any atom is -0.454 e. The molecule has 1 aliphatic heterocycles. The number of ketones is 1. The number of Topliss-reactive ketones (excluding diaryl/α,β-unsaturated/α-hetero) is 1. The lowest BCUT2D eigenvalue weighted by atomic mass is 9.78. The van der Waals surface area contributed by atoms with Crippen LogP contribution in [0.25, 0.3) is 11.1 Å². The molecule has 0 unspecified atom stereocenters. The number of hydrogen-bond acceptors (Lipinski definition) is 5. The molecule has 0 saturated carbocycles. The van der Waals surface area contributed by atoms with Crippen LogP contribution in [0.4, 0.5) is 0 Å². The summed E-state index contributed by atoms with van der Waals surface area (Å²) < 4.78 is 12.1. The van der Waals surface area contributed by atoms with Crippen molar-refractivity contribution < 1.29 is 14.3 Å². The number of ether oxygens (including phenoxy) is 2. The molecule has 4 rings (SSSR count). The maximum absolute atomic E-state index is 13.1. The van der Waals surface area contributed by atoms with E-state index in [4.69, 9.17) is 21.1 Å². The van der Waals surface area contributed by atoms with E-state index in [0.717, 1.165) is 12.8 Å². The van der Waals surface area contributed by atoms with Gasteiger partial charge in [0.1, 0.15) is 23.1 Å². The summed E-state index contributed by atoms with van der Waals surface area (Å²) in [6.07, 6.45) is 3.58. The Labute approximate surface area is 215 Å². The zero-order valence-electron chi connectivity index (χ0n) is 20.9. The lowest BCUT2D eigenvalue weighted by Gasteiger charge is -2.45. The van der Waals surface area contributed by atoms with Crippen LogP contribution in [0.1, 0.15) is 62.9 Å². The molecule has 0 aliphatic carbocycles. The fraction of sp³-hybridized carbons (Fsp3) is 0.345. The first-order chi connectivity index (χ1) is 17.0. The third kappa shape index (κ3) is 5.70. The van der Waals surface area contributed by atoms with Crippen LogP contribution in [0.5, 0.6) is 11.5 Å². The van der Waals surface area contributed by atoms with Gasteiger partial charge in [-0.15, -0.1) is 0 Å². The Morgan fingerprint density at radius 3 is 2.42 bits per heavy atom. The SMILES string of the molecule is CC1(C)CC(CC(=O)c2ccc(Oc3cccc(-c4ccc[nH]c4=O)c3C#N)c(Cl)c2)CC(C)(C)O1. The standard InChI is InChI=1S/C29H29ClN2O4/c1-28(2)15-18(16-29(3,4)36-28)13-24(33)19-10-11-26(23(30)14-19)35-25-9-5-7-20(22(25)17-31)21-8-6-12-32-27(21)34/h5-12,14,18H,13,15-16H2,1-4H3,(H,32,34). The summed E-state index contributed by atoms with van der Waals surface area (Å²) in [7, 11) is 0. The number of aromatic amines is 1. The summed E-state index contributed by atoms with van der Waals surface area (Å²) in [4.78, 5) is 28.0. The van der Waals surface area contributed by atoms with E-state index < -0.39 is 0 Å². The van der Waals surface area contributed by atoms with Crippen molar-refractivity contribution in [2.45, 2.75) is 58.2 Å². The number of hydrogen-bond donors (Lipinski definition) is 1. The van der Waals surface area contributed by atoms with Gasteiger partial charge in [-0.2, -0.15) is 5.26 Å². The molecule has 0 amide bonds. The van der Waals surface area contributed by atoms with Gasteiger partial charge in [-0.3, -0.25) is 9.59 Å². The van der Waals surface area contributed by atoms with Crippen molar-refractivity contribution in [2.75, 3.05) is 0 Å². The number of nitrogens with one attached hydrogen (secondary N) is 1. The molecule has 3 aromatic rings. The fourth-order valence-electron chi connectivity index (χ4n) is 5.28. The molecule has 186 valence electrons. The van der Waals surface area contributed by atoms with Crippen LogP contribution < -0.4 is 10.3 Å². The molecule has 1 N–H and O–H groups in total. The van der Waals surface area contributed by atoms with Gasteiger partial charge in [0.2, 0.25) is 0 Å². The van der Waals surface area contributed by atoms with Crippen molar-refractivity contribution in [1.82, 2.24) is 4.98 Å². The number of nitriles is 1. The van der Waals surface area contributed by atoms with Gasteiger partial charge in [-0.05, 0) is 82.9 Å².